The molecule has 0 radical (unpaired) electrons. The van der Waals surface area contributed by atoms with E-state index < -0.39 is 0 Å². The summed E-state index contributed by atoms with van der Waals surface area (Å²) in [6.45, 7) is 5.66. The van der Waals surface area contributed by atoms with Crippen molar-refractivity contribution < 1.29 is 9.59 Å². The van der Waals surface area contributed by atoms with Gasteiger partial charge < -0.3 is 16.0 Å². The molecule has 1 aromatic rings. The second-order valence-corrected chi connectivity index (χ2v) is 5.96. The largest absolute Gasteiger partial charge is 0.333 e. The van der Waals surface area contributed by atoms with Crippen LogP contribution in [-0.2, 0) is 9.59 Å². The molecule has 0 aliphatic rings. The van der Waals surface area contributed by atoms with Gasteiger partial charge >= 0.3 is 0 Å². The number of benzene rings is 1. The standard InChI is InChI=1S/C15H21Cl2N3O2.ClH/c1-4-20(15(22)9(2)10(3)18)8-13(21)19-14-11(16)6-5-7-12(14)17;/h5-7,9-10H,4,8,18H2,1-3H3,(H,19,21);1H. The summed E-state index contributed by atoms with van der Waals surface area (Å²) < 4.78 is 0. The molecule has 2 amide bonds. The fraction of sp³-hybridized carbons (Fsp3) is 0.467. The van der Waals surface area contributed by atoms with E-state index in [0.717, 1.165) is 0 Å². The van der Waals surface area contributed by atoms with Crippen molar-refractivity contribution in [1.82, 2.24) is 4.90 Å². The number of hydrogen-bond acceptors (Lipinski definition) is 3. The Balaban J connectivity index is 0.00000484. The molecule has 0 aliphatic heterocycles. The summed E-state index contributed by atoms with van der Waals surface area (Å²) in [5.41, 5.74) is 6.09. The Kier molecular flexibility index (Phi) is 9.54. The maximum atomic E-state index is 12.3. The monoisotopic (exact) mass is 381 g/mol. The number of nitrogens with zero attached hydrogens (tertiary/aromatic N) is 1. The zero-order chi connectivity index (χ0) is 16.9. The van der Waals surface area contributed by atoms with Gasteiger partial charge in [-0.2, -0.15) is 0 Å². The number of nitrogens with two attached hydrogens (primary N) is 1. The highest BCUT2D eigenvalue weighted by atomic mass is 35.5. The highest BCUT2D eigenvalue weighted by Gasteiger charge is 2.24. The minimum absolute atomic E-state index is 0. The third-order valence-corrected chi connectivity index (χ3v) is 4.06. The number of halogens is 3. The lowest BCUT2D eigenvalue weighted by Crippen LogP contribution is -2.44. The second-order valence-electron chi connectivity index (χ2n) is 5.15. The molecule has 3 N–H and O–H groups in total. The summed E-state index contributed by atoms with van der Waals surface area (Å²) in [6, 6.07) is 4.67. The second kappa shape index (κ2) is 9.98. The number of likely N-dealkylation sites (N-methyl/N-ethyl adjacent to an activating group) is 1. The van der Waals surface area contributed by atoms with Crippen molar-refractivity contribution in [3.63, 3.8) is 0 Å². The van der Waals surface area contributed by atoms with E-state index >= 15 is 0 Å². The fourth-order valence-electron chi connectivity index (χ4n) is 1.83. The predicted octanol–water partition coefficient (Wildman–Crippen LogP) is 3.19. The SMILES string of the molecule is CCN(CC(=O)Nc1c(Cl)cccc1Cl)C(=O)C(C)C(C)N.Cl. The first-order valence-electron chi connectivity index (χ1n) is 7.06. The molecule has 2 unspecified atom stereocenters. The third-order valence-electron chi connectivity index (χ3n) is 3.43. The summed E-state index contributed by atoms with van der Waals surface area (Å²) in [5.74, 6) is -0.864. The van der Waals surface area contributed by atoms with E-state index in [9.17, 15) is 9.59 Å². The molecule has 0 heterocycles. The number of nitrogens with one attached hydrogen (secondary N) is 1. The topological polar surface area (TPSA) is 75.4 Å². The fourth-order valence-corrected chi connectivity index (χ4v) is 2.32. The van der Waals surface area contributed by atoms with Crippen molar-refractivity contribution in [3.05, 3.63) is 28.2 Å². The first-order valence-corrected chi connectivity index (χ1v) is 7.81. The van der Waals surface area contributed by atoms with E-state index in [1.54, 1.807) is 32.0 Å². The molecule has 8 heteroatoms. The Labute approximate surface area is 152 Å². The predicted molar refractivity (Wildman–Crippen MR) is 97.4 cm³/mol. The van der Waals surface area contributed by atoms with Gasteiger partial charge in [0.25, 0.3) is 0 Å². The number of carbonyl (C=O) groups is 2. The minimum atomic E-state index is -0.359. The quantitative estimate of drug-likeness (QED) is 0.793. The van der Waals surface area contributed by atoms with Crippen LogP contribution in [0.4, 0.5) is 5.69 Å². The zero-order valence-electron chi connectivity index (χ0n) is 13.3. The van der Waals surface area contributed by atoms with Crippen LogP contribution in [0, 0.1) is 5.92 Å². The van der Waals surface area contributed by atoms with Gasteiger partial charge in [0.1, 0.15) is 0 Å². The van der Waals surface area contributed by atoms with Crippen molar-refractivity contribution in [1.29, 1.82) is 0 Å². The summed E-state index contributed by atoms with van der Waals surface area (Å²) >= 11 is 12.0. The Bertz CT molecular complexity index is 533. The number of amides is 2. The Morgan fingerprint density at radius 2 is 1.78 bits per heavy atom. The molecule has 0 spiro atoms. The van der Waals surface area contributed by atoms with Gasteiger partial charge in [-0.3, -0.25) is 9.59 Å². The third kappa shape index (κ3) is 6.18. The highest BCUT2D eigenvalue weighted by molar-refractivity contribution is 6.39. The highest BCUT2D eigenvalue weighted by Crippen LogP contribution is 2.29. The van der Waals surface area contributed by atoms with E-state index in [1.807, 2.05) is 6.92 Å². The molecule has 0 bridgehead atoms. The lowest BCUT2D eigenvalue weighted by Gasteiger charge is -2.25. The number of hydrogen-bond donors (Lipinski definition) is 2. The van der Waals surface area contributed by atoms with Crippen LogP contribution in [0.2, 0.25) is 10.0 Å². The van der Waals surface area contributed by atoms with Crippen molar-refractivity contribution in [2.24, 2.45) is 11.7 Å². The van der Waals surface area contributed by atoms with Crippen LogP contribution in [0.5, 0.6) is 0 Å². The molecule has 0 saturated carbocycles. The van der Waals surface area contributed by atoms with E-state index in [-0.39, 0.29) is 42.7 Å². The number of carbonyl (C=O) groups excluding carboxylic acids is 2. The van der Waals surface area contributed by atoms with E-state index in [0.29, 0.717) is 22.3 Å². The summed E-state index contributed by atoms with van der Waals surface area (Å²) in [5, 5.41) is 3.33. The number of anilines is 1. The van der Waals surface area contributed by atoms with Crippen molar-refractivity contribution in [2.75, 3.05) is 18.4 Å². The maximum Gasteiger partial charge on any atom is 0.244 e. The zero-order valence-corrected chi connectivity index (χ0v) is 15.6. The molecular formula is C15H22Cl3N3O2. The lowest BCUT2D eigenvalue weighted by atomic mass is 10.0. The van der Waals surface area contributed by atoms with Crippen LogP contribution in [0.1, 0.15) is 20.8 Å². The molecule has 1 rings (SSSR count). The summed E-state index contributed by atoms with van der Waals surface area (Å²) in [6.07, 6.45) is 0. The smallest absolute Gasteiger partial charge is 0.244 e. The average Bonchev–Trinajstić information content (AvgIpc) is 2.47. The van der Waals surface area contributed by atoms with Crippen molar-refractivity contribution >= 4 is 53.1 Å². The lowest BCUT2D eigenvalue weighted by molar-refractivity contribution is -0.138. The van der Waals surface area contributed by atoms with Crippen LogP contribution in [0.15, 0.2) is 18.2 Å². The number of rotatable bonds is 6. The van der Waals surface area contributed by atoms with E-state index in [2.05, 4.69) is 5.32 Å². The Morgan fingerprint density at radius 3 is 2.22 bits per heavy atom. The van der Waals surface area contributed by atoms with E-state index in [1.165, 1.54) is 4.90 Å². The molecule has 0 saturated heterocycles. The molecule has 2 atom stereocenters. The maximum absolute atomic E-state index is 12.3. The normalized spacial score (nSPS) is 12.8. The van der Waals surface area contributed by atoms with Gasteiger partial charge in [-0.1, -0.05) is 36.2 Å². The van der Waals surface area contributed by atoms with Gasteiger partial charge in [0.2, 0.25) is 11.8 Å². The molecule has 0 aliphatic carbocycles. The number of para-hydroxylation sites is 1. The summed E-state index contributed by atoms with van der Waals surface area (Å²) in [7, 11) is 0. The van der Waals surface area contributed by atoms with Crippen LogP contribution in [0.3, 0.4) is 0 Å². The molecule has 0 fully saturated rings. The molecule has 5 nitrogen and oxygen atoms in total. The van der Waals surface area contributed by atoms with Gasteiger partial charge in [0.15, 0.2) is 0 Å². The minimum Gasteiger partial charge on any atom is -0.333 e. The summed E-state index contributed by atoms with van der Waals surface area (Å²) in [4.78, 5) is 25.8. The molecule has 130 valence electrons. The molecule has 0 aromatic heterocycles. The molecule has 23 heavy (non-hydrogen) atoms. The first kappa shape index (κ1) is 22.0. The van der Waals surface area contributed by atoms with Gasteiger partial charge in [-0.15, -0.1) is 12.4 Å². The van der Waals surface area contributed by atoms with E-state index in [4.69, 9.17) is 28.9 Å². The van der Waals surface area contributed by atoms with Gasteiger partial charge in [0.05, 0.1) is 28.2 Å². The molecular weight excluding hydrogens is 361 g/mol. The first-order chi connectivity index (χ1) is 10.3. The molecule has 1 aromatic carbocycles. The van der Waals surface area contributed by atoms with Gasteiger partial charge in [0, 0.05) is 12.6 Å². The van der Waals surface area contributed by atoms with Crippen LogP contribution >= 0.6 is 35.6 Å². The van der Waals surface area contributed by atoms with Crippen LogP contribution in [0.25, 0.3) is 0 Å². The van der Waals surface area contributed by atoms with Crippen molar-refractivity contribution in [2.45, 2.75) is 26.8 Å². The average molecular weight is 383 g/mol. The Morgan fingerprint density at radius 1 is 1.26 bits per heavy atom. The Hall–Kier alpha value is -1.01. The van der Waals surface area contributed by atoms with Gasteiger partial charge in [-0.05, 0) is 26.0 Å². The van der Waals surface area contributed by atoms with Crippen LogP contribution < -0.4 is 11.1 Å². The van der Waals surface area contributed by atoms with Crippen LogP contribution in [-0.4, -0.2) is 35.8 Å². The van der Waals surface area contributed by atoms with Gasteiger partial charge in [-0.25, -0.2) is 0 Å². The van der Waals surface area contributed by atoms with Crippen molar-refractivity contribution in [3.8, 4) is 0 Å².